The number of nitrogens with one attached hydrogen (secondary N) is 1. The van der Waals surface area contributed by atoms with Gasteiger partial charge in [-0.3, -0.25) is 4.79 Å². The minimum Gasteiger partial charge on any atom is -0.394 e. The number of carbonyl (C=O) groups excluding carboxylic acids is 1. The van der Waals surface area contributed by atoms with E-state index in [4.69, 9.17) is 0 Å². The summed E-state index contributed by atoms with van der Waals surface area (Å²) < 4.78 is 1.88. The third-order valence-electron chi connectivity index (χ3n) is 3.13. The average molecular weight is 293 g/mol. The molecule has 1 amide bonds. The first kappa shape index (κ1) is 14.7. The lowest BCUT2D eigenvalue weighted by Crippen LogP contribution is -2.41. The second kappa shape index (κ2) is 6.19. The maximum Gasteiger partial charge on any atom is 0.263 e. The quantitative estimate of drug-likeness (QED) is 0.886. The Morgan fingerprint density at radius 2 is 2.10 bits per heavy atom. The molecular formula is C14H19N3O2S. The van der Waals surface area contributed by atoms with Gasteiger partial charge in [0.2, 0.25) is 0 Å². The Morgan fingerprint density at radius 3 is 2.65 bits per heavy atom. The first-order valence-corrected chi connectivity index (χ1v) is 7.37. The highest BCUT2D eigenvalue weighted by Gasteiger charge is 2.20. The Balaban J connectivity index is 2.18. The number of hydrogen-bond donors (Lipinski definition) is 2. The molecule has 2 N–H and O–H groups in total. The van der Waals surface area contributed by atoms with E-state index in [-0.39, 0.29) is 24.5 Å². The lowest BCUT2D eigenvalue weighted by atomic mass is 10.1. The summed E-state index contributed by atoms with van der Waals surface area (Å²) in [5.41, 5.74) is 0.705. The van der Waals surface area contributed by atoms with E-state index in [9.17, 15) is 9.90 Å². The van der Waals surface area contributed by atoms with Crippen molar-refractivity contribution >= 4 is 17.2 Å². The highest BCUT2D eigenvalue weighted by Crippen LogP contribution is 2.22. The van der Waals surface area contributed by atoms with Gasteiger partial charge in [-0.2, -0.15) is 0 Å². The lowest BCUT2D eigenvalue weighted by Gasteiger charge is -2.19. The third-order valence-corrected chi connectivity index (χ3v) is 4.30. The van der Waals surface area contributed by atoms with Crippen LogP contribution in [0.15, 0.2) is 24.5 Å². The van der Waals surface area contributed by atoms with Crippen molar-refractivity contribution < 1.29 is 9.90 Å². The van der Waals surface area contributed by atoms with Crippen molar-refractivity contribution in [2.24, 2.45) is 5.92 Å². The number of hydrogen-bond acceptors (Lipinski definition) is 4. The van der Waals surface area contributed by atoms with Crippen molar-refractivity contribution in [3.8, 4) is 5.13 Å². The molecule has 2 aromatic rings. The summed E-state index contributed by atoms with van der Waals surface area (Å²) in [5, 5.41) is 12.9. The number of aliphatic hydroxyl groups is 1. The summed E-state index contributed by atoms with van der Waals surface area (Å²) in [7, 11) is 0. The first-order chi connectivity index (χ1) is 9.52. The van der Waals surface area contributed by atoms with E-state index in [0.717, 1.165) is 5.13 Å². The molecule has 0 aliphatic heterocycles. The molecule has 6 heteroatoms. The largest absolute Gasteiger partial charge is 0.394 e. The zero-order valence-electron chi connectivity index (χ0n) is 11.8. The Bertz CT molecular complexity index is 575. The fraction of sp³-hybridized carbons (Fsp3) is 0.429. The molecule has 0 aromatic carbocycles. The molecule has 20 heavy (non-hydrogen) atoms. The van der Waals surface area contributed by atoms with Crippen molar-refractivity contribution in [3.63, 3.8) is 0 Å². The van der Waals surface area contributed by atoms with Crippen molar-refractivity contribution in [2.45, 2.75) is 26.8 Å². The Morgan fingerprint density at radius 1 is 1.45 bits per heavy atom. The number of aromatic nitrogens is 2. The minimum absolute atomic E-state index is 0.0638. The standard InChI is InChI=1S/C14H19N3O2S/c1-9(2)11(8-18)16-13(19)12-10(3)15-14(20-12)17-6-4-5-7-17/h4-7,9,11,18H,8H2,1-3H3,(H,16,19). The monoisotopic (exact) mass is 293 g/mol. The minimum atomic E-state index is -0.237. The van der Waals surface area contributed by atoms with Gasteiger partial charge in [-0.15, -0.1) is 0 Å². The molecule has 0 saturated carbocycles. The average Bonchev–Trinajstić information content (AvgIpc) is 3.03. The Hall–Kier alpha value is -1.66. The van der Waals surface area contributed by atoms with Gasteiger partial charge < -0.3 is 15.0 Å². The van der Waals surface area contributed by atoms with E-state index < -0.39 is 0 Å². The topological polar surface area (TPSA) is 67.2 Å². The summed E-state index contributed by atoms with van der Waals surface area (Å²) in [6.07, 6.45) is 3.79. The van der Waals surface area contributed by atoms with Crippen molar-refractivity contribution in [1.82, 2.24) is 14.9 Å². The molecule has 1 unspecified atom stereocenters. The molecule has 0 spiro atoms. The molecule has 0 aliphatic carbocycles. The highest BCUT2D eigenvalue weighted by molar-refractivity contribution is 7.16. The molecule has 0 fully saturated rings. The molecule has 2 rings (SSSR count). The molecule has 0 aliphatic rings. The van der Waals surface area contributed by atoms with Gasteiger partial charge in [-0.25, -0.2) is 4.98 Å². The zero-order valence-corrected chi connectivity index (χ0v) is 12.6. The summed E-state index contributed by atoms with van der Waals surface area (Å²) >= 11 is 1.35. The van der Waals surface area contributed by atoms with Gasteiger partial charge in [0.15, 0.2) is 5.13 Å². The predicted octanol–water partition coefficient (Wildman–Crippen LogP) is 1.99. The van der Waals surface area contributed by atoms with Crippen LogP contribution in [0.1, 0.15) is 29.2 Å². The summed E-state index contributed by atoms with van der Waals surface area (Å²) in [5.74, 6) is 0.00672. The zero-order chi connectivity index (χ0) is 14.7. The molecule has 0 radical (unpaired) electrons. The second-order valence-electron chi connectivity index (χ2n) is 5.01. The Kier molecular flexibility index (Phi) is 4.57. The normalized spacial score (nSPS) is 12.7. The van der Waals surface area contributed by atoms with Crippen LogP contribution in [0.4, 0.5) is 0 Å². The molecule has 1 atom stereocenters. The SMILES string of the molecule is Cc1nc(-n2cccc2)sc1C(=O)NC(CO)C(C)C. The lowest BCUT2D eigenvalue weighted by molar-refractivity contribution is 0.0900. The van der Waals surface area contributed by atoms with Crippen LogP contribution in [0, 0.1) is 12.8 Å². The van der Waals surface area contributed by atoms with Crippen LogP contribution >= 0.6 is 11.3 Å². The number of nitrogens with zero attached hydrogens (tertiary/aromatic N) is 2. The van der Waals surface area contributed by atoms with Crippen molar-refractivity contribution in [2.75, 3.05) is 6.61 Å². The van der Waals surface area contributed by atoms with Gasteiger partial charge in [-0.1, -0.05) is 25.2 Å². The van der Waals surface area contributed by atoms with E-state index in [1.807, 2.05) is 49.9 Å². The van der Waals surface area contributed by atoms with Gasteiger partial charge >= 0.3 is 0 Å². The maximum atomic E-state index is 12.3. The van der Waals surface area contributed by atoms with Crippen LogP contribution in [0.5, 0.6) is 0 Å². The van der Waals surface area contributed by atoms with Crippen LogP contribution in [-0.4, -0.2) is 33.2 Å². The molecular weight excluding hydrogens is 274 g/mol. The number of thiazole rings is 1. The molecule has 108 valence electrons. The van der Waals surface area contributed by atoms with E-state index in [1.165, 1.54) is 11.3 Å². The fourth-order valence-corrected chi connectivity index (χ4v) is 2.76. The smallest absolute Gasteiger partial charge is 0.263 e. The van der Waals surface area contributed by atoms with E-state index in [0.29, 0.717) is 10.6 Å². The highest BCUT2D eigenvalue weighted by atomic mass is 32.1. The van der Waals surface area contributed by atoms with Gasteiger partial charge in [0.1, 0.15) is 4.88 Å². The first-order valence-electron chi connectivity index (χ1n) is 6.55. The number of carbonyl (C=O) groups is 1. The van der Waals surface area contributed by atoms with Gasteiger partial charge in [-0.05, 0) is 25.0 Å². The van der Waals surface area contributed by atoms with E-state index in [2.05, 4.69) is 10.3 Å². The number of amides is 1. The molecule has 0 saturated heterocycles. The molecule has 0 bridgehead atoms. The van der Waals surface area contributed by atoms with Crippen LogP contribution < -0.4 is 5.32 Å². The number of aliphatic hydroxyl groups excluding tert-OH is 1. The van der Waals surface area contributed by atoms with E-state index >= 15 is 0 Å². The Labute approximate surface area is 122 Å². The summed E-state index contributed by atoms with van der Waals surface area (Å²) in [6.45, 7) is 5.69. The summed E-state index contributed by atoms with van der Waals surface area (Å²) in [6, 6.07) is 3.59. The number of aryl methyl sites for hydroxylation is 1. The molecule has 2 aromatic heterocycles. The molecule has 5 nitrogen and oxygen atoms in total. The van der Waals surface area contributed by atoms with Crippen LogP contribution in [0.3, 0.4) is 0 Å². The van der Waals surface area contributed by atoms with Crippen LogP contribution in [-0.2, 0) is 0 Å². The molecule has 2 heterocycles. The second-order valence-corrected chi connectivity index (χ2v) is 5.99. The van der Waals surface area contributed by atoms with Crippen molar-refractivity contribution in [1.29, 1.82) is 0 Å². The van der Waals surface area contributed by atoms with Crippen LogP contribution in [0.2, 0.25) is 0 Å². The predicted molar refractivity (Wildman–Crippen MR) is 79.4 cm³/mol. The third kappa shape index (κ3) is 3.08. The van der Waals surface area contributed by atoms with Gasteiger partial charge in [0.25, 0.3) is 5.91 Å². The number of rotatable bonds is 5. The van der Waals surface area contributed by atoms with Crippen LogP contribution in [0.25, 0.3) is 5.13 Å². The van der Waals surface area contributed by atoms with Crippen molar-refractivity contribution in [3.05, 3.63) is 35.1 Å². The van der Waals surface area contributed by atoms with Gasteiger partial charge in [0.05, 0.1) is 18.3 Å². The summed E-state index contributed by atoms with van der Waals surface area (Å²) in [4.78, 5) is 17.3. The maximum absolute atomic E-state index is 12.3. The van der Waals surface area contributed by atoms with E-state index in [1.54, 1.807) is 0 Å². The fourth-order valence-electron chi connectivity index (χ4n) is 1.82. The van der Waals surface area contributed by atoms with Gasteiger partial charge in [0, 0.05) is 12.4 Å².